The first-order valence-electron chi connectivity index (χ1n) is 5.59. The van der Waals surface area contributed by atoms with Gasteiger partial charge in [0, 0.05) is 10.6 Å². The summed E-state index contributed by atoms with van der Waals surface area (Å²) in [6, 6.07) is 8.01. The molecule has 1 unspecified atom stereocenters. The van der Waals surface area contributed by atoms with E-state index in [0.29, 0.717) is 5.56 Å². The maximum atomic E-state index is 8.91. The number of hydrogen-bond acceptors (Lipinski definition) is 3. The minimum absolute atomic E-state index is 0.107. The number of benzene rings is 1. The summed E-state index contributed by atoms with van der Waals surface area (Å²) in [5, 5.41) is 12.4. The van der Waals surface area contributed by atoms with Crippen molar-refractivity contribution in [2.75, 3.05) is 5.32 Å². The predicted octanol–water partition coefficient (Wildman–Crippen LogP) is 3.68. The van der Waals surface area contributed by atoms with Gasteiger partial charge in [-0.25, -0.2) is 0 Å². The average Bonchev–Trinajstić information content (AvgIpc) is 2.35. The highest BCUT2D eigenvalue weighted by Gasteiger charge is 2.35. The Balaban J connectivity index is 2.08. The van der Waals surface area contributed by atoms with Gasteiger partial charge in [0.1, 0.15) is 0 Å². The highest BCUT2D eigenvalue weighted by Crippen LogP contribution is 2.49. The lowest BCUT2D eigenvalue weighted by molar-refractivity contribution is 0.742. The molecule has 0 radical (unpaired) electrons. The highest BCUT2D eigenvalue weighted by atomic mass is 32.2. The lowest BCUT2D eigenvalue weighted by Gasteiger charge is -2.38. The van der Waals surface area contributed by atoms with Gasteiger partial charge in [0.15, 0.2) is 0 Å². The second kappa shape index (κ2) is 3.68. The summed E-state index contributed by atoms with van der Waals surface area (Å²) in [5.74, 6) is 0. The topological polar surface area (TPSA) is 35.8 Å². The second-order valence-corrected chi connectivity index (χ2v) is 6.04. The fourth-order valence-corrected chi connectivity index (χ4v) is 3.44. The SMILES string of the molecule is CC12CC=CC=C1Nc1cc(C#N)ccc1S2. The average molecular weight is 240 g/mol. The summed E-state index contributed by atoms with van der Waals surface area (Å²) >= 11 is 1.87. The second-order valence-electron chi connectivity index (χ2n) is 4.49. The van der Waals surface area contributed by atoms with Crippen LogP contribution in [0, 0.1) is 11.3 Å². The maximum absolute atomic E-state index is 8.91. The summed E-state index contributed by atoms with van der Waals surface area (Å²) in [6.07, 6.45) is 7.45. The predicted molar refractivity (Wildman–Crippen MR) is 70.9 cm³/mol. The Hall–Kier alpha value is -1.66. The summed E-state index contributed by atoms with van der Waals surface area (Å²) in [5.41, 5.74) is 2.98. The zero-order valence-electron chi connectivity index (χ0n) is 9.53. The molecule has 1 heterocycles. The molecule has 1 aromatic rings. The summed E-state index contributed by atoms with van der Waals surface area (Å²) in [7, 11) is 0. The molecule has 0 amide bonds. The number of allylic oxidation sites excluding steroid dienone is 3. The van der Waals surface area contributed by atoms with Gasteiger partial charge in [-0.05, 0) is 37.6 Å². The molecule has 3 rings (SSSR count). The summed E-state index contributed by atoms with van der Waals surface area (Å²) < 4.78 is 0.107. The number of hydrogen-bond donors (Lipinski definition) is 1. The lowest BCUT2D eigenvalue weighted by Crippen LogP contribution is -2.31. The minimum atomic E-state index is 0.107. The van der Waals surface area contributed by atoms with E-state index in [9.17, 15) is 0 Å². The van der Waals surface area contributed by atoms with Crippen molar-refractivity contribution < 1.29 is 0 Å². The van der Waals surface area contributed by atoms with Crippen LogP contribution >= 0.6 is 11.8 Å². The molecule has 1 aliphatic heterocycles. The number of nitrogens with one attached hydrogen (secondary N) is 1. The van der Waals surface area contributed by atoms with Crippen LogP contribution in [0.2, 0.25) is 0 Å². The quantitative estimate of drug-likeness (QED) is 0.751. The number of anilines is 1. The molecule has 1 atom stereocenters. The molecule has 2 aliphatic rings. The van der Waals surface area contributed by atoms with E-state index in [-0.39, 0.29) is 4.75 Å². The van der Waals surface area contributed by atoms with Gasteiger partial charge in [-0.15, -0.1) is 11.8 Å². The Bertz CT molecular complexity index is 580. The Morgan fingerprint density at radius 2 is 2.35 bits per heavy atom. The number of rotatable bonds is 0. The van der Waals surface area contributed by atoms with Crippen LogP contribution in [-0.4, -0.2) is 4.75 Å². The molecule has 0 bridgehead atoms. The van der Waals surface area contributed by atoms with Crippen molar-refractivity contribution in [2.45, 2.75) is 23.0 Å². The Labute approximate surface area is 105 Å². The van der Waals surface area contributed by atoms with Gasteiger partial charge in [-0.2, -0.15) is 5.26 Å². The van der Waals surface area contributed by atoms with Gasteiger partial charge in [-0.3, -0.25) is 0 Å². The highest BCUT2D eigenvalue weighted by molar-refractivity contribution is 8.01. The third-order valence-electron chi connectivity index (χ3n) is 3.19. The van der Waals surface area contributed by atoms with Crippen molar-refractivity contribution in [3.05, 3.63) is 47.7 Å². The number of nitrogens with zero attached hydrogens (tertiary/aromatic N) is 1. The van der Waals surface area contributed by atoms with Crippen molar-refractivity contribution in [3.63, 3.8) is 0 Å². The van der Waals surface area contributed by atoms with Crippen LogP contribution < -0.4 is 5.32 Å². The number of fused-ring (bicyclic) bond motifs is 2. The molecule has 2 nitrogen and oxygen atoms in total. The molecule has 0 spiro atoms. The summed E-state index contributed by atoms with van der Waals surface area (Å²) in [4.78, 5) is 1.22. The first kappa shape index (κ1) is 10.5. The molecule has 17 heavy (non-hydrogen) atoms. The smallest absolute Gasteiger partial charge is 0.0992 e. The first-order chi connectivity index (χ1) is 8.21. The minimum Gasteiger partial charge on any atom is -0.357 e. The maximum Gasteiger partial charge on any atom is 0.0992 e. The van der Waals surface area contributed by atoms with E-state index < -0.39 is 0 Å². The Morgan fingerprint density at radius 3 is 3.18 bits per heavy atom. The molecular weight excluding hydrogens is 228 g/mol. The molecular formula is C14H12N2S. The number of thioether (sulfide) groups is 1. The zero-order valence-corrected chi connectivity index (χ0v) is 10.3. The fourth-order valence-electron chi connectivity index (χ4n) is 2.19. The fraction of sp³-hybridized carbons (Fsp3) is 0.214. The van der Waals surface area contributed by atoms with Crippen LogP contribution in [0.25, 0.3) is 0 Å². The molecule has 0 saturated carbocycles. The third-order valence-corrected chi connectivity index (χ3v) is 4.60. The van der Waals surface area contributed by atoms with Crippen molar-refractivity contribution in [1.29, 1.82) is 5.26 Å². The van der Waals surface area contributed by atoms with Crippen LogP contribution in [0.3, 0.4) is 0 Å². The molecule has 1 N–H and O–H groups in total. The van der Waals surface area contributed by atoms with Crippen LogP contribution in [0.5, 0.6) is 0 Å². The van der Waals surface area contributed by atoms with E-state index in [0.717, 1.165) is 12.1 Å². The van der Waals surface area contributed by atoms with E-state index in [1.807, 2.05) is 30.0 Å². The Kier molecular flexibility index (Phi) is 2.27. The number of nitriles is 1. The van der Waals surface area contributed by atoms with Gasteiger partial charge >= 0.3 is 0 Å². The monoisotopic (exact) mass is 240 g/mol. The van der Waals surface area contributed by atoms with Crippen molar-refractivity contribution in [1.82, 2.24) is 0 Å². The molecule has 0 aromatic heterocycles. The van der Waals surface area contributed by atoms with E-state index in [4.69, 9.17) is 5.26 Å². The molecule has 1 aliphatic carbocycles. The van der Waals surface area contributed by atoms with Crippen LogP contribution in [0.4, 0.5) is 5.69 Å². The molecule has 3 heteroatoms. The van der Waals surface area contributed by atoms with Crippen LogP contribution in [0.1, 0.15) is 18.9 Å². The standard InChI is InChI=1S/C14H12N2S/c1-14-7-3-2-4-13(14)16-11-8-10(9-15)5-6-12(11)17-14/h2-6,8,16H,7H2,1H3. The molecule has 0 fully saturated rings. The molecule has 84 valence electrons. The van der Waals surface area contributed by atoms with Crippen molar-refractivity contribution in [2.24, 2.45) is 0 Å². The zero-order chi connectivity index (χ0) is 11.9. The van der Waals surface area contributed by atoms with Crippen molar-refractivity contribution in [3.8, 4) is 6.07 Å². The van der Waals surface area contributed by atoms with Gasteiger partial charge in [0.05, 0.1) is 22.1 Å². The largest absolute Gasteiger partial charge is 0.357 e. The van der Waals surface area contributed by atoms with Gasteiger partial charge in [-0.1, -0.05) is 12.2 Å². The third kappa shape index (κ3) is 1.65. The van der Waals surface area contributed by atoms with E-state index >= 15 is 0 Å². The van der Waals surface area contributed by atoms with Gasteiger partial charge in [0.2, 0.25) is 0 Å². The van der Waals surface area contributed by atoms with Crippen LogP contribution in [0.15, 0.2) is 47.0 Å². The lowest BCUT2D eigenvalue weighted by atomic mass is 9.97. The van der Waals surface area contributed by atoms with Crippen molar-refractivity contribution >= 4 is 17.4 Å². The van der Waals surface area contributed by atoms with E-state index in [2.05, 4.69) is 36.5 Å². The van der Waals surface area contributed by atoms with Crippen LogP contribution in [-0.2, 0) is 0 Å². The van der Waals surface area contributed by atoms with E-state index in [1.54, 1.807) is 0 Å². The molecule has 0 saturated heterocycles. The summed E-state index contributed by atoms with van der Waals surface area (Å²) in [6.45, 7) is 2.25. The van der Waals surface area contributed by atoms with Gasteiger partial charge < -0.3 is 5.32 Å². The first-order valence-corrected chi connectivity index (χ1v) is 6.40. The van der Waals surface area contributed by atoms with E-state index in [1.165, 1.54) is 10.6 Å². The van der Waals surface area contributed by atoms with Gasteiger partial charge in [0.25, 0.3) is 0 Å². The Morgan fingerprint density at radius 1 is 1.47 bits per heavy atom. The normalized spacial score (nSPS) is 25.1. The molecule has 1 aromatic carbocycles.